The zero-order chi connectivity index (χ0) is 12.3. The highest BCUT2D eigenvalue weighted by molar-refractivity contribution is 5.36. The van der Waals surface area contributed by atoms with Gasteiger partial charge in [-0.15, -0.1) is 0 Å². The van der Waals surface area contributed by atoms with Gasteiger partial charge in [-0.05, 0) is 6.07 Å². The van der Waals surface area contributed by atoms with Crippen LogP contribution in [0.4, 0.5) is 8.78 Å². The molecule has 1 atom stereocenters. The molecule has 2 rings (SSSR count). The molecule has 1 aliphatic rings. The van der Waals surface area contributed by atoms with E-state index >= 15 is 0 Å². The fourth-order valence-corrected chi connectivity index (χ4v) is 1.58. The van der Waals surface area contributed by atoms with Crippen molar-refractivity contribution in [2.24, 2.45) is 5.73 Å². The number of hydrogen-bond donors (Lipinski definition) is 5. The number of ether oxygens (including phenoxy) is 1. The molecule has 1 unspecified atom stereocenters. The van der Waals surface area contributed by atoms with Crippen LogP contribution >= 0.6 is 0 Å². The van der Waals surface area contributed by atoms with Crippen LogP contribution in [-0.2, 0) is 0 Å². The van der Waals surface area contributed by atoms with Crippen LogP contribution in [0.2, 0.25) is 0 Å². The van der Waals surface area contributed by atoms with E-state index in [0.29, 0.717) is 5.56 Å². The van der Waals surface area contributed by atoms with Crippen LogP contribution in [-0.4, -0.2) is 12.8 Å². The number of para-hydroxylation sites is 1. The van der Waals surface area contributed by atoms with Gasteiger partial charge in [-0.25, -0.2) is 10.9 Å². The first-order valence-corrected chi connectivity index (χ1v) is 4.99. The van der Waals surface area contributed by atoms with Gasteiger partial charge in [0.25, 0.3) is 0 Å². The lowest BCUT2D eigenvalue weighted by atomic mass is 10.0. The predicted molar refractivity (Wildman–Crippen MR) is 56.3 cm³/mol. The van der Waals surface area contributed by atoms with Gasteiger partial charge in [0.15, 0.2) is 0 Å². The van der Waals surface area contributed by atoms with E-state index in [0.717, 1.165) is 0 Å². The molecule has 8 heteroatoms. The van der Waals surface area contributed by atoms with E-state index in [-0.39, 0.29) is 11.9 Å². The fraction of sp³-hybridized carbons (Fsp3) is 0.333. The molecule has 0 bridgehead atoms. The Morgan fingerprint density at radius 3 is 2.47 bits per heavy atom. The van der Waals surface area contributed by atoms with Gasteiger partial charge in [0.2, 0.25) is 0 Å². The van der Waals surface area contributed by atoms with Crippen molar-refractivity contribution in [3.8, 4) is 5.75 Å². The summed E-state index contributed by atoms with van der Waals surface area (Å²) in [4.78, 5) is 0. The van der Waals surface area contributed by atoms with E-state index in [9.17, 15) is 8.78 Å². The number of benzene rings is 1. The third kappa shape index (κ3) is 2.87. The quantitative estimate of drug-likeness (QED) is 0.502. The highest BCUT2D eigenvalue weighted by atomic mass is 19.3. The predicted octanol–water partition coefficient (Wildman–Crippen LogP) is -0.269. The van der Waals surface area contributed by atoms with Crippen LogP contribution < -0.4 is 32.4 Å². The monoisotopic (exact) mass is 245 g/mol. The minimum atomic E-state index is -2.87. The fourth-order valence-electron chi connectivity index (χ4n) is 1.58. The topological polar surface area (TPSA) is 83.4 Å². The number of nitrogens with one attached hydrogen (secondary N) is 4. The van der Waals surface area contributed by atoms with E-state index in [1.807, 2.05) is 0 Å². The summed E-state index contributed by atoms with van der Waals surface area (Å²) < 4.78 is 28.9. The lowest BCUT2D eigenvalue weighted by Gasteiger charge is -2.21. The molecule has 17 heavy (non-hydrogen) atoms. The van der Waals surface area contributed by atoms with Crippen molar-refractivity contribution in [1.29, 1.82) is 0 Å². The van der Waals surface area contributed by atoms with Crippen LogP contribution in [0.15, 0.2) is 24.3 Å². The molecule has 0 saturated carbocycles. The largest absolute Gasteiger partial charge is 0.434 e. The second-order valence-electron chi connectivity index (χ2n) is 3.46. The molecule has 94 valence electrons. The number of nitrogens with two attached hydrogens (primary N) is 1. The van der Waals surface area contributed by atoms with Crippen molar-refractivity contribution in [2.75, 3.05) is 0 Å². The highest BCUT2D eigenvalue weighted by Crippen LogP contribution is 2.26. The van der Waals surface area contributed by atoms with Gasteiger partial charge >= 0.3 is 6.61 Å². The number of hydrogen-bond acceptors (Lipinski definition) is 6. The van der Waals surface area contributed by atoms with Crippen molar-refractivity contribution >= 4 is 0 Å². The summed E-state index contributed by atoms with van der Waals surface area (Å²) in [6, 6.07) is 5.87. The molecule has 1 saturated heterocycles. The number of halogens is 2. The van der Waals surface area contributed by atoms with Gasteiger partial charge in [0, 0.05) is 5.56 Å². The molecule has 1 aromatic rings. The Hall–Kier alpha value is -1.32. The van der Waals surface area contributed by atoms with E-state index in [1.54, 1.807) is 18.2 Å². The molecule has 1 heterocycles. The van der Waals surface area contributed by atoms with E-state index in [2.05, 4.69) is 26.7 Å². The Morgan fingerprint density at radius 2 is 1.82 bits per heavy atom. The summed E-state index contributed by atoms with van der Waals surface area (Å²) in [6.45, 7) is -2.87. The molecule has 0 spiro atoms. The summed E-state index contributed by atoms with van der Waals surface area (Å²) in [5, 5.41) is 0. The number of rotatable bonds is 4. The van der Waals surface area contributed by atoms with Gasteiger partial charge in [0.05, 0.1) is 6.04 Å². The Morgan fingerprint density at radius 1 is 1.18 bits per heavy atom. The molecule has 6 N–H and O–H groups in total. The molecule has 1 aliphatic heterocycles. The second-order valence-corrected chi connectivity index (χ2v) is 3.46. The summed E-state index contributed by atoms with van der Waals surface area (Å²) in [7, 11) is 0. The Kier molecular flexibility index (Phi) is 3.82. The van der Waals surface area contributed by atoms with Gasteiger partial charge in [0.1, 0.15) is 11.9 Å². The van der Waals surface area contributed by atoms with E-state index in [4.69, 9.17) is 5.73 Å². The van der Waals surface area contributed by atoms with Crippen molar-refractivity contribution in [3.63, 3.8) is 0 Å². The number of hydrazine groups is 3. The Bertz CT molecular complexity index is 372. The lowest BCUT2D eigenvalue weighted by molar-refractivity contribution is -0.0507. The smallest absolute Gasteiger partial charge is 0.387 e. The van der Waals surface area contributed by atoms with Gasteiger partial charge in [-0.3, -0.25) is 0 Å². The SMILES string of the molecule is NC(c1ccccc1OC(F)F)C1NNNN1. The summed E-state index contributed by atoms with van der Waals surface area (Å²) >= 11 is 0. The van der Waals surface area contributed by atoms with Gasteiger partial charge in [-0.1, -0.05) is 18.2 Å². The first-order valence-electron chi connectivity index (χ1n) is 4.99. The Balaban J connectivity index is 2.18. The summed E-state index contributed by atoms with van der Waals surface area (Å²) in [5.74, 6) is 0.0745. The molecule has 1 fully saturated rings. The molecule has 0 aromatic heterocycles. The molecular weight excluding hydrogens is 232 g/mol. The summed E-state index contributed by atoms with van der Waals surface area (Å²) in [5.41, 5.74) is 17.2. The number of alkyl halides is 2. The standard InChI is InChI=1S/C9H13F2N5O/c10-9(11)17-6-4-2-1-3-5(6)7(12)8-13-15-16-14-8/h1-4,7-9,13-16H,12H2. The molecular formula is C9H13F2N5O. The molecule has 6 nitrogen and oxygen atoms in total. The minimum absolute atomic E-state index is 0.0745. The normalized spacial score (nSPS) is 18.6. The van der Waals surface area contributed by atoms with Crippen molar-refractivity contribution in [2.45, 2.75) is 18.8 Å². The maximum Gasteiger partial charge on any atom is 0.387 e. The van der Waals surface area contributed by atoms with Crippen molar-refractivity contribution < 1.29 is 13.5 Å². The third-order valence-electron chi connectivity index (χ3n) is 2.37. The minimum Gasteiger partial charge on any atom is -0.434 e. The third-order valence-corrected chi connectivity index (χ3v) is 2.37. The molecule has 0 amide bonds. The zero-order valence-corrected chi connectivity index (χ0v) is 8.78. The molecule has 0 radical (unpaired) electrons. The van der Waals surface area contributed by atoms with Gasteiger partial charge < -0.3 is 10.5 Å². The van der Waals surface area contributed by atoms with Crippen LogP contribution in [0.5, 0.6) is 5.75 Å². The molecule has 1 aromatic carbocycles. The highest BCUT2D eigenvalue weighted by Gasteiger charge is 2.25. The maximum absolute atomic E-state index is 12.2. The maximum atomic E-state index is 12.2. The van der Waals surface area contributed by atoms with E-state index in [1.165, 1.54) is 6.07 Å². The van der Waals surface area contributed by atoms with Gasteiger partial charge in [-0.2, -0.15) is 19.9 Å². The average Bonchev–Trinajstić information content (AvgIpc) is 2.81. The van der Waals surface area contributed by atoms with Crippen LogP contribution in [0.25, 0.3) is 0 Å². The zero-order valence-electron chi connectivity index (χ0n) is 8.78. The average molecular weight is 245 g/mol. The molecule has 0 aliphatic carbocycles. The first-order chi connectivity index (χ1) is 8.18. The van der Waals surface area contributed by atoms with Crippen molar-refractivity contribution in [1.82, 2.24) is 21.9 Å². The Labute approximate surface area is 96.4 Å². The van der Waals surface area contributed by atoms with Crippen LogP contribution in [0.1, 0.15) is 11.6 Å². The van der Waals surface area contributed by atoms with Crippen molar-refractivity contribution in [3.05, 3.63) is 29.8 Å². The lowest BCUT2D eigenvalue weighted by Crippen LogP contribution is -2.43. The summed E-state index contributed by atoms with van der Waals surface area (Å²) in [6.07, 6.45) is -0.336. The van der Waals surface area contributed by atoms with Crippen LogP contribution in [0, 0.1) is 0 Å². The first kappa shape index (κ1) is 12.1. The van der Waals surface area contributed by atoms with E-state index < -0.39 is 12.7 Å². The second kappa shape index (κ2) is 5.34. The van der Waals surface area contributed by atoms with Crippen LogP contribution in [0.3, 0.4) is 0 Å².